The lowest BCUT2D eigenvalue weighted by Crippen LogP contribution is -2.49. The molecule has 2 fully saturated rings. The van der Waals surface area contributed by atoms with Gasteiger partial charge in [-0.05, 0) is 31.5 Å². The molecule has 2 N–H and O–H groups in total. The van der Waals surface area contributed by atoms with E-state index in [2.05, 4.69) is 20.2 Å². The number of carbonyl (C=O) groups excluding carboxylic acids is 1. The number of para-hydroxylation sites is 1. The van der Waals surface area contributed by atoms with Gasteiger partial charge in [-0.2, -0.15) is 0 Å². The summed E-state index contributed by atoms with van der Waals surface area (Å²) >= 11 is 0. The molecule has 2 amide bonds. The molecule has 7 nitrogen and oxygen atoms in total. The number of piperidine rings is 1. The van der Waals surface area contributed by atoms with Crippen LogP contribution in [0.4, 0.5) is 4.79 Å². The molecule has 0 unspecified atom stereocenters. The third kappa shape index (κ3) is 3.37. The number of nitrogens with zero attached hydrogens (tertiary/aromatic N) is 3. The van der Waals surface area contributed by atoms with Gasteiger partial charge in [-0.25, -0.2) is 9.78 Å². The predicted molar refractivity (Wildman–Crippen MR) is 95.6 cm³/mol. The fraction of sp³-hybridized carbons (Fsp3) is 0.500. The Morgan fingerprint density at radius 1 is 1.20 bits per heavy atom. The molecule has 1 aromatic heterocycles. The van der Waals surface area contributed by atoms with Crippen molar-refractivity contribution in [3.8, 4) is 0 Å². The number of carbonyl (C=O) groups is 1. The average Bonchev–Trinajstić information content (AvgIpc) is 3.06. The van der Waals surface area contributed by atoms with E-state index in [0.717, 1.165) is 56.9 Å². The topological polar surface area (TPSA) is 81.3 Å². The third-order valence-electron chi connectivity index (χ3n) is 5.14. The largest absolute Gasteiger partial charge is 0.336 e. The Bertz CT molecular complexity index is 834. The Kier molecular flexibility index (Phi) is 4.40. The predicted octanol–water partition coefficient (Wildman–Crippen LogP) is 0.955. The molecule has 132 valence electrons. The van der Waals surface area contributed by atoms with Gasteiger partial charge in [-0.15, -0.1) is 0 Å². The maximum atomic E-state index is 12.2. The molecule has 2 saturated heterocycles. The van der Waals surface area contributed by atoms with Gasteiger partial charge in [0.05, 0.1) is 10.9 Å². The highest BCUT2D eigenvalue weighted by atomic mass is 16.2. The Morgan fingerprint density at radius 2 is 2.08 bits per heavy atom. The van der Waals surface area contributed by atoms with Crippen LogP contribution in [0, 0.1) is 0 Å². The number of benzene rings is 1. The first-order valence-corrected chi connectivity index (χ1v) is 8.95. The lowest BCUT2D eigenvalue weighted by atomic mass is 10.0. The zero-order chi connectivity index (χ0) is 17.2. The summed E-state index contributed by atoms with van der Waals surface area (Å²) < 4.78 is 0. The number of hydrogen-bond donors (Lipinski definition) is 2. The van der Waals surface area contributed by atoms with Crippen molar-refractivity contribution in [2.75, 3.05) is 32.7 Å². The molecule has 0 spiro atoms. The van der Waals surface area contributed by atoms with E-state index in [4.69, 9.17) is 0 Å². The molecule has 2 aromatic rings. The maximum absolute atomic E-state index is 12.2. The molecule has 2 aliphatic rings. The monoisotopic (exact) mass is 341 g/mol. The summed E-state index contributed by atoms with van der Waals surface area (Å²) in [6, 6.07) is 7.77. The molecule has 1 atom stereocenters. The van der Waals surface area contributed by atoms with Gasteiger partial charge in [0.25, 0.3) is 5.56 Å². The number of H-pyrrole nitrogens is 1. The smallest absolute Gasteiger partial charge is 0.317 e. The second kappa shape index (κ2) is 6.84. The van der Waals surface area contributed by atoms with Crippen LogP contribution >= 0.6 is 0 Å². The SMILES string of the molecule is O=C1NCCN1[C@H]1CCCN(CCc2nc3ccccc3c(=O)[nH]2)C1. The minimum absolute atomic E-state index is 0.0624. The second-order valence-electron chi connectivity index (χ2n) is 6.80. The highest BCUT2D eigenvalue weighted by Crippen LogP contribution is 2.18. The van der Waals surface area contributed by atoms with Crippen LogP contribution in [-0.4, -0.2) is 64.6 Å². The zero-order valence-electron chi connectivity index (χ0n) is 14.2. The first-order valence-electron chi connectivity index (χ1n) is 8.95. The second-order valence-corrected chi connectivity index (χ2v) is 6.80. The van der Waals surface area contributed by atoms with Gasteiger partial charge >= 0.3 is 6.03 Å². The number of aromatic nitrogens is 2. The Hall–Kier alpha value is -2.41. The van der Waals surface area contributed by atoms with Gasteiger partial charge in [0.1, 0.15) is 5.82 Å². The van der Waals surface area contributed by atoms with Crippen LogP contribution < -0.4 is 10.9 Å². The summed E-state index contributed by atoms with van der Waals surface area (Å²) in [7, 11) is 0. The minimum atomic E-state index is -0.0779. The van der Waals surface area contributed by atoms with E-state index in [9.17, 15) is 9.59 Å². The van der Waals surface area contributed by atoms with Crippen molar-refractivity contribution < 1.29 is 4.79 Å². The molecule has 0 radical (unpaired) electrons. The third-order valence-corrected chi connectivity index (χ3v) is 5.14. The van der Waals surface area contributed by atoms with E-state index < -0.39 is 0 Å². The van der Waals surface area contributed by atoms with Gasteiger partial charge in [0.2, 0.25) is 0 Å². The molecule has 0 saturated carbocycles. The number of rotatable bonds is 4. The van der Waals surface area contributed by atoms with Crippen LogP contribution in [0.15, 0.2) is 29.1 Å². The zero-order valence-corrected chi connectivity index (χ0v) is 14.2. The summed E-state index contributed by atoms with van der Waals surface area (Å²) in [6.07, 6.45) is 2.87. The summed E-state index contributed by atoms with van der Waals surface area (Å²) in [4.78, 5) is 35.8. The quantitative estimate of drug-likeness (QED) is 0.868. The number of likely N-dealkylation sites (tertiary alicyclic amines) is 1. The van der Waals surface area contributed by atoms with Gasteiger partial charge < -0.3 is 20.1 Å². The van der Waals surface area contributed by atoms with Crippen molar-refractivity contribution in [3.63, 3.8) is 0 Å². The summed E-state index contributed by atoms with van der Waals surface area (Å²) in [5.74, 6) is 0.727. The summed E-state index contributed by atoms with van der Waals surface area (Å²) in [5, 5.41) is 3.51. The summed E-state index contributed by atoms with van der Waals surface area (Å²) in [6.45, 7) is 4.32. The summed E-state index contributed by atoms with van der Waals surface area (Å²) in [5.41, 5.74) is 0.664. The first-order chi connectivity index (χ1) is 12.2. The Morgan fingerprint density at radius 3 is 2.92 bits per heavy atom. The van der Waals surface area contributed by atoms with Crippen LogP contribution in [0.1, 0.15) is 18.7 Å². The van der Waals surface area contributed by atoms with E-state index in [-0.39, 0.29) is 11.6 Å². The van der Waals surface area contributed by atoms with Gasteiger partial charge in [-0.1, -0.05) is 12.1 Å². The molecule has 1 aromatic carbocycles. The fourth-order valence-corrected chi connectivity index (χ4v) is 3.84. The molecule has 4 rings (SSSR count). The van der Waals surface area contributed by atoms with E-state index in [1.807, 2.05) is 23.1 Å². The number of fused-ring (bicyclic) bond motifs is 1. The lowest BCUT2D eigenvalue weighted by Gasteiger charge is -2.37. The fourth-order valence-electron chi connectivity index (χ4n) is 3.84. The van der Waals surface area contributed by atoms with Crippen LogP contribution in [0.5, 0.6) is 0 Å². The molecule has 7 heteroatoms. The molecular weight excluding hydrogens is 318 g/mol. The van der Waals surface area contributed by atoms with Crippen molar-refractivity contribution in [2.24, 2.45) is 0 Å². The molecule has 25 heavy (non-hydrogen) atoms. The number of aromatic amines is 1. The van der Waals surface area contributed by atoms with E-state index >= 15 is 0 Å². The average molecular weight is 341 g/mol. The number of nitrogens with one attached hydrogen (secondary N) is 2. The highest BCUT2D eigenvalue weighted by Gasteiger charge is 2.31. The van der Waals surface area contributed by atoms with E-state index in [1.54, 1.807) is 6.07 Å². The number of urea groups is 1. The van der Waals surface area contributed by atoms with Crippen LogP contribution in [0.2, 0.25) is 0 Å². The van der Waals surface area contributed by atoms with Gasteiger partial charge in [0, 0.05) is 38.6 Å². The molecular formula is C18H23N5O2. The number of hydrogen-bond acceptors (Lipinski definition) is 4. The van der Waals surface area contributed by atoms with Crippen LogP contribution in [0.25, 0.3) is 10.9 Å². The Labute approximate surface area is 146 Å². The molecule has 2 aliphatic heterocycles. The van der Waals surface area contributed by atoms with Crippen molar-refractivity contribution in [1.82, 2.24) is 25.1 Å². The molecule has 3 heterocycles. The van der Waals surface area contributed by atoms with Crippen LogP contribution in [0.3, 0.4) is 0 Å². The normalized spacial score (nSPS) is 21.7. The van der Waals surface area contributed by atoms with Crippen LogP contribution in [-0.2, 0) is 6.42 Å². The van der Waals surface area contributed by atoms with Crippen molar-refractivity contribution in [1.29, 1.82) is 0 Å². The highest BCUT2D eigenvalue weighted by molar-refractivity contribution is 5.77. The van der Waals surface area contributed by atoms with Crippen molar-refractivity contribution >= 4 is 16.9 Å². The first kappa shape index (κ1) is 16.1. The van der Waals surface area contributed by atoms with Crippen molar-refractivity contribution in [2.45, 2.75) is 25.3 Å². The standard InChI is InChI=1S/C18H23N5O2/c24-17-14-5-1-2-6-15(14)20-16(21-17)7-10-22-9-3-4-13(12-22)23-11-8-19-18(23)25/h1-2,5-6,13H,3-4,7-12H2,(H,19,25)(H,20,21,24)/t13-/m0/s1. The lowest BCUT2D eigenvalue weighted by molar-refractivity contribution is 0.127. The van der Waals surface area contributed by atoms with E-state index in [1.165, 1.54) is 0 Å². The minimum Gasteiger partial charge on any atom is -0.336 e. The van der Waals surface area contributed by atoms with E-state index in [0.29, 0.717) is 17.8 Å². The van der Waals surface area contributed by atoms with Gasteiger partial charge in [0.15, 0.2) is 0 Å². The number of amides is 2. The van der Waals surface area contributed by atoms with Crippen molar-refractivity contribution in [3.05, 3.63) is 40.4 Å². The maximum Gasteiger partial charge on any atom is 0.317 e. The Balaban J connectivity index is 1.41. The molecule has 0 aliphatic carbocycles. The molecule has 0 bridgehead atoms. The van der Waals surface area contributed by atoms with Gasteiger partial charge in [-0.3, -0.25) is 4.79 Å².